The van der Waals surface area contributed by atoms with Gasteiger partial charge in [0.05, 0.1) is 6.04 Å². The summed E-state index contributed by atoms with van der Waals surface area (Å²) in [4.78, 5) is 14.0. The van der Waals surface area contributed by atoms with Crippen molar-refractivity contribution in [2.24, 2.45) is 0 Å². The summed E-state index contributed by atoms with van der Waals surface area (Å²) in [5, 5.41) is 11.4. The summed E-state index contributed by atoms with van der Waals surface area (Å²) in [6.07, 6.45) is 2.53. The van der Waals surface area contributed by atoms with E-state index in [1.807, 2.05) is 6.92 Å². The average Bonchev–Trinajstić information content (AvgIpc) is 2.75. The van der Waals surface area contributed by atoms with Crippen LogP contribution in [0.3, 0.4) is 0 Å². The number of carbonyl (C=O) groups is 1. The van der Waals surface area contributed by atoms with Crippen molar-refractivity contribution in [1.29, 1.82) is 0 Å². The number of carbonyl (C=O) groups excluding carboxylic acids is 1. The largest absolute Gasteiger partial charge is 0.624 e. The van der Waals surface area contributed by atoms with E-state index in [2.05, 4.69) is 4.90 Å². The number of hydroxylamine groups is 2. The molecular formula is C13H26N2O3. The zero-order valence-corrected chi connectivity index (χ0v) is 12.0. The van der Waals surface area contributed by atoms with Gasteiger partial charge in [0.2, 0.25) is 0 Å². The maximum absolute atomic E-state index is 11.8. The minimum atomic E-state index is -0.698. The Morgan fingerprint density at radius 3 is 2.44 bits per heavy atom. The standard InChI is InChI=1S/C13H26N2O3/c1-11(7-10-14-8-5-6-9-14)15(17)12(16)18-13(2,3)4/h11,15H,5-10H2,1-4H3. The van der Waals surface area contributed by atoms with Crippen LogP contribution in [0.5, 0.6) is 0 Å². The zero-order valence-electron chi connectivity index (χ0n) is 12.0. The van der Waals surface area contributed by atoms with Gasteiger partial charge in [0.1, 0.15) is 5.60 Å². The van der Waals surface area contributed by atoms with Crippen molar-refractivity contribution in [3.05, 3.63) is 5.21 Å². The lowest BCUT2D eigenvalue weighted by Gasteiger charge is -2.29. The SMILES string of the molecule is CC(CCN1CCCC1)[NH+]([O-])C(=O)OC(C)(C)C. The third-order valence-corrected chi connectivity index (χ3v) is 3.12. The third kappa shape index (κ3) is 5.33. The molecule has 106 valence electrons. The Balaban J connectivity index is 2.30. The summed E-state index contributed by atoms with van der Waals surface area (Å²) in [7, 11) is 0. The molecule has 0 aromatic heterocycles. The van der Waals surface area contributed by atoms with Crippen LogP contribution in [-0.2, 0) is 4.74 Å². The molecule has 0 radical (unpaired) electrons. The highest BCUT2D eigenvalue weighted by Crippen LogP contribution is 2.08. The highest BCUT2D eigenvalue weighted by Gasteiger charge is 2.26. The van der Waals surface area contributed by atoms with E-state index in [1.54, 1.807) is 20.8 Å². The van der Waals surface area contributed by atoms with Gasteiger partial charge in [0, 0.05) is 13.0 Å². The molecule has 0 saturated carbocycles. The molecule has 2 unspecified atom stereocenters. The molecule has 1 aliphatic heterocycles. The first kappa shape index (κ1) is 15.4. The lowest BCUT2D eigenvalue weighted by Crippen LogP contribution is -3.13. The monoisotopic (exact) mass is 258 g/mol. The predicted molar refractivity (Wildman–Crippen MR) is 70.3 cm³/mol. The molecule has 18 heavy (non-hydrogen) atoms. The van der Waals surface area contributed by atoms with E-state index < -0.39 is 16.8 Å². The number of alkyl carbamates (subject to hydrolysis) is 1. The highest BCUT2D eigenvalue weighted by molar-refractivity contribution is 5.57. The Bertz CT molecular complexity index is 270. The van der Waals surface area contributed by atoms with Crippen LogP contribution in [0.2, 0.25) is 0 Å². The second-order valence-electron chi connectivity index (χ2n) is 6.10. The van der Waals surface area contributed by atoms with E-state index in [1.165, 1.54) is 12.8 Å². The van der Waals surface area contributed by atoms with E-state index in [9.17, 15) is 10.0 Å². The molecule has 1 saturated heterocycles. The Morgan fingerprint density at radius 2 is 1.94 bits per heavy atom. The fraction of sp³-hybridized carbons (Fsp3) is 0.923. The van der Waals surface area contributed by atoms with Crippen LogP contribution in [0.25, 0.3) is 0 Å². The van der Waals surface area contributed by atoms with Crippen molar-refractivity contribution < 1.29 is 14.6 Å². The summed E-state index contributed by atoms with van der Waals surface area (Å²) in [6.45, 7) is 10.3. The number of hydrogen-bond donors (Lipinski definition) is 1. The molecule has 2 atom stereocenters. The molecule has 0 aromatic rings. The van der Waals surface area contributed by atoms with Crippen LogP contribution in [0, 0.1) is 5.21 Å². The Kier molecular flexibility index (Phi) is 5.56. The summed E-state index contributed by atoms with van der Waals surface area (Å²) < 4.78 is 5.09. The summed E-state index contributed by atoms with van der Waals surface area (Å²) >= 11 is 0. The number of quaternary nitrogens is 1. The first-order chi connectivity index (χ1) is 8.29. The van der Waals surface area contributed by atoms with Gasteiger partial charge in [-0.2, -0.15) is 4.79 Å². The molecule has 1 rings (SSSR count). The van der Waals surface area contributed by atoms with Gasteiger partial charge in [-0.1, -0.05) is 0 Å². The first-order valence-electron chi connectivity index (χ1n) is 6.79. The van der Waals surface area contributed by atoms with Gasteiger partial charge in [-0.05, 0) is 53.6 Å². The van der Waals surface area contributed by atoms with E-state index in [4.69, 9.17) is 4.74 Å². The molecule has 0 aromatic carbocycles. The van der Waals surface area contributed by atoms with Crippen molar-refractivity contribution in [2.75, 3.05) is 19.6 Å². The van der Waals surface area contributed by atoms with E-state index in [-0.39, 0.29) is 6.04 Å². The minimum Gasteiger partial charge on any atom is -0.624 e. The fourth-order valence-electron chi connectivity index (χ4n) is 2.04. The van der Waals surface area contributed by atoms with Crippen molar-refractivity contribution in [3.8, 4) is 0 Å². The van der Waals surface area contributed by atoms with Crippen LogP contribution in [-0.4, -0.2) is 42.3 Å². The number of ether oxygens (including phenoxy) is 1. The minimum absolute atomic E-state index is 0.250. The predicted octanol–water partition coefficient (Wildman–Crippen LogP) is 1.18. The zero-order chi connectivity index (χ0) is 13.8. The second kappa shape index (κ2) is 6.50. The van der Waals surface area contributed by atoms with Gasteiger partial charge in [0.25, 0.3) is 0 Å². The number of nitrogens with one attached hydrogen (secondary N) is 1. The highest BCUT2D eigenvalue weighted by atomic mass is 16.6. The lowest BCUT2D eigenvalue weighted by atomic mass is 10.2. The maximum atomic E-state index is 11.8. The molecule has 0 aliphatic carbocycles. The second-order valence-corrected chi connectivity index (χ2v) is 6.10. The molecule has 5 nitrogen and oxygen atoms in total. The fourth-order valence-corrected chi connectivity index (χ4v) is 2.04. The molecule has 5 heteroatoms. The first-order valence-corrected chi connectivity index (χ1v) is 6.79. The summed E-state index contributed by atoms with van der Waals surface area (Å²) in [6, 6.07) is -0.250. The summed E-state index contributed by atoms with van der Waals surface area (Å²) in [5.41, 5.74) is -0.596. The Hall–Kier alpha value is -0.650. The molecule has 0 spiro atoms. The van der Waals surface area contributed by atoms with Crippen LogP contribution in [0.1, 0.15) is 47.0 Å². The Morgan fingerprint density at radius 1 is 1.39 bits per heavy atom. The quantitative estimate of drug-likeness (QED) is 0.769. The van der Waals surface area contributed by atoms with Crippen molar-refractivity contribution in [3.63, 3.8) is 0 Å². The van der Waals surface area contributed by atoms with Crippen LogP contribution in [0.4, 0.5) is 4.79 Å². The van der Waals surface area contributed by atoms with E-state index in [0.717, 1.165) is 26.1 Å². The Labute approximate surface area is 110 Å². The molecule has 1 fully saturated rings. The number of likely N-dealkylation sites (tertiary alicyclic amines) is 1. The molecule has 1 amide bonds. The number of amides is 1. The van der Waals surface area contributed by atoms with Gasteiger partial charge in [0.15, 0.2) is 0 Å². The average molecular weight is 258 g/mol. The van der Waals surface area contributed by atoms with Crippen LogP contribution in [0.15, 0.2) is 0 Å². The van der Waals surface area contributed by atoms with Gasteiger partial charge in [-0.3, -0.25) is 5.06 Å². The van der Waals surface area contributed by atoms with Crippen LogP contribution >= 0.6 is 0 Å². The normalized spacial score (nSPS) is 20.7. The summed E-state index contributed by atoms with van der Waals surface area (Å²) in [5.74, 6) is 0. The third-order valence-electron chi connectivity index (χ3n) is 3.12. The number of nitrogens with zero attached hydrogens (tertiary/aromatic N) is 1. The molecular weight excluding hydrogens is 232 g/mol. The van der Waals surface area contributed by atoms with Gasteiger partial charge in [-0.25, -0.2) is 0 Å². The van der Waals surface area contributed by atoms with Gasteiger partial charge in [-0.15, -0.1) is 0 Å². The van der Waals surface area contributed by atoms with Gasteiger partial charge < -0.3 is 14.8 Å². The van der Waals surface area contributed by atoms with Crippen molar-refractivity contribution in [2.45, 2.75) is 58.6 Å². The number of hydrogen-bond acceptors (Lipinski definition) is 4. The topological polar surface area (TPSA) is 57.0 Å². The number of rotatable bonds is 4. The lowest BCUT2D eigenvalue weighted by molar-refractivity contribution is -0.797. The van der Waals surface area contributed by atoms with Crippen LogP contribution < -0.4 is 5.06 Å². The van der Waals surface area contributed by atoms with Crippen molar-refractivity contribution >= 4 is 6.09 Å². The van der Waals surface area contributed by atoms with E-state index >= 15 is 0 Å². The molecule has 1 heterocycles. The maximum Gasteiger partial charge on any atom is 0.515 e. The molecule has 1 N–H and O–H groups in total. The molecule has 0 bridgehead atoms. The van der Waals surface area contributed by atoms with Crippen molar-refractivity contribution in [1.82, 2.24) is 4.90 Å². The van der Waals surface area contributed by atoms with E-state index in [0.29, 0.717) is 0 Å². The molecule has 1 aliphatic rings. The smallest absolute Gasteiger partial charge is 0.515 e. The van der Waals surface area contributed by atoms with Gasteiger partial charge >= 0.3 is 6.09 Å².